The van der Waals surface area contributed by atoms with Gasteiger partial charge in [-0.2, -0.15) is 0 Å². The van der Waals surface area contributed by atoms with Gasteiger partial charge in [-0.15, -0.1) is 0 Å². The number of alkyl carbamates (subject to hydrolysis) is 1. The number of carbonyl (C=O) groups excluding carboxylic acids is 3. The smallest absolute Gasteiger partial charge is 0.408 e. The summed E-state index contributed by atoms with van der Waals surface area (Å²) in [7, 11) is 0. The van der Waals surface area contributed by atoms with Crippen LogP contribution in [-0.2, 0) is 20.7 Å². The summed E-state index contributed by atoms with van der Waals surface area (Å²) >= 11 is 0. The van der Waals surface area contributed by atoms with Crippen LogP contribution in [-0.4, -0.2) is 58.5 Å². The monoisotopic (exact) mass is 508 g/mol. The Morgan fingerprint density at radius 2 is 1.81 bits per heavy atom. The Morgan fingerprint density at radius 3 is 2.43 bits per heavy atom. The maximum Gasteiger partial charge on any atom is 0.408 e. The van der Waals surface area contributed by atoms with Gasteiger partial charge in [-0.3, -0.25) is 9.59 Å². The van der Waals surface area contributed by atoms with Gasteiger partial charge in [0.05, 0.1) is 0 Å². The molecule has 8 heteroatoms. The van der Waals surface area contributed by atoms with Crippen molar-refractivity contribution in [3.05, 3.63) is 84.7 Å². The standard InChI is InChI=1S/C29H35FN3O4/c1-5-9-25-27(35)32(17-16-21-10-7-6-8-11-21)18-19-33(25)26(34)24(31-28(36)37-29(2,3)4)20-22-12-14-23(30)15-13-22/h6-8,10-17,24-25H,1,5,9,18-20H2,2-4H3,(H,31,36). The molecule has 37 heavy (non-hydrogen) atoms. The van der Waals surface area contributed by atoms with Gasteiger partial charge < -0.3 is 19.9 Å². The van der Waals surface area contributed by atoms with E-state index >= 15 is 0 Å². The number of rotatable bonds is 8. The summed E-state index contributed by atoms with van der Waals surface area (Å²) in [6.07, 6.45) is 3.83. The SMILES string of the molecule is [CH2]CCC1C(=O)N(C=Cc2ccccc2)CCN1C(=O)C(Cc1ccc(F)cc1)NC(=O)OC(C)(C)C. The number of benzene rings is 2. The van der Waals surface area contributed by atoms with Crippen molar-refractivity contribution in [1.82, 2.24) is 15.1 Å². The number of piperazine rings is 1. The molecule has 0 aromatic heterocycles. The van der Waals surface area contributed by atoms with Crippen LogP contribution >= 0.6 is 0 Å². The molecule has 0 saturated carbocycles. The van der Waals surface area contributed by atoms with Crippen LogP contribution in [0.15, 0.2) is 60.8 Å². The van der Waals surface area contributed by atoms with Gasteiger partial charge in [-0.25, -0.2) is 9.18 Å². The fraction of sp³-hybridized carbons (Fsp3) is 0.379. The van der Waals surface area contributed by atoms with Crippen LogP contribution in [0.25, 0.3) is 6.08 Å². The molecule has 2 unspecified atom stereocenters. The van der Waals surface area contributed by atoms with Gasteiger partial charge in [0.1, 0.15) is 23.5 Å². The van der Waals surface area contributed by atoms with E-state index in [2.05, 4.69) is 12.2 Å². The van der Waals surface area contributed by atoms with Crippen molar-refractivity contribution in [2.45, 2.75) is 57.7 Å². The second-order valence-electron chi connectivity index (χ2n) is 9.98. The Kier molecular flexibility index (Phi) is 9.44. The van der Waals surface area contributed by atoms with Gasteiger partial charge >= 0.3 is 6.09 Å². The lowest BCUT2D eigenvalue weighted by atomic mass is 10.0. The number of carbonyl (C=O) groups is 3. The van der Waals surface area contributed by atoms with Crippen LogP contribution in [0.1, 0.15) is 44.7 Å². The lowest BCUT2D eigenvalue weighted by Crippen LogP contribution is -2.61. The summed E-state index contributed by atoms with van der Waals surface area (Å²) < 4.78 is 18.8. The minimum absolute atomic E-state index is 0.123. The second-order valence-corrected chi connectivity index (χ2v) is 9.98. The maximum absolute atomic E-state index is 13.8. The van der Waals surface area contributed by atoms with E-state index in [9.17, 15) is 18.8 Å². The van der Waals surface area contributed by atoms with Crippen LogP contribution in [0, 0.1) is 12.7 Å². The first-order chi connectivity index (χ1) is 17.6. The Morgan fingerprint density at radius 1 is 1.14 bits per heavy atom. The predicted octanol–water partition coefficient (Wildman–Crippen LogP) is 4.59. The molecule has 0 aliphatic carbocycles. The molecule has 1 saturated heterocycles. The van der Waals surface area contributed by atoms with Crippen LogP contribution in [0.3, 0.4) is 0 Å². The Bertz CT molecular complexity index is 1100. The van der Waals surface area contributed by atoms with E-state index in [0.29, 0.717) is 31.5 Å². The highest BCUT2D eigenvalue weighted by Gasteiger charge is 2.39. The average Bonchev–Trinajstić information content (AvgIpc) is 2.84. The van der Waals surface area contributed by atoms with Crippen molar-refractivity contribution in [3.8, 4) is 0 Å². The van der Waals surface area contributed by atoms with Crippen LogP contribution < -0.4 is 5.32 Å². The van der Waals surface area contributed by atoms with Crippen LogP contribution in [0.5, 0.6) is 0 Å². The molecule has 7 nitrogen and oxygen atoms in total. The topological polar surface area (TPSA) is 79.0 Å². The molecule has 1 N–H and O–H groups in total. The molecule has 197 valence electrons. The molecule has 1 radical (unpaired) electrons. The molecular formula is C29H35FN3O4. The zero-order valence-electron chi connectivity index (χ0n) is 21.7. The summed E-state index contributed by atoms with van der Waals surface area (Å²) in [6.45, 7) is 9.69. The molecule has 1 fully saturated rings. The first-order valence-electron chi connectivity index (χ1n) is 12.4. The van der Waals surface area contributed by atoms with Crippen molar-refractivity contribution >= 4 is 24.0 Å². The van der Waals surface area contributed by atoms with Gasteiger partial charge in [0.25, 0.3) is 0 Å². The van der Waals surface area contributed by atoms with Gasteiger partial charge in [0.15, 0.2) is 0 Å². The van der Waals surface area contributed by atoms with E-state index < -0.39 is 35.5 Å². The highest BCUT2D eigenvalue weighted by Crippen LogP contribution is 2.20. The highest BCUT2D eigenvalue weighted by molar-refractivity contribution is 5.93. The molecular weight excluding hydrogens is 473 g/mol. The third-order valence-corrected chi connectivity index (χ3v) is 5.88. The summed E-state index contributed by atoms with van der Waals surface area (Å²) in [6, 6.07) is 13.7. The van der Waals surface area contributed by atoms with Gasteiger partial charge in [-0.05, 0) is 56.5 Å². The third-order valence-electron chi connectivity index (χ3n) is 5.88. The number of halogens is 1. The number of ether oxygens (including phenoxy) is 1. The van der Waals surface area contributed by atoms with E-state index in [4.69, 9.17) is 4.74 Å². The fourth-order valence-electron chi connectivity index (χ4n) is 4.14. The van der Waals surface area contributed by atoms with E-state index in [-0.39, 0.29) is 12.3 Å². The number of hydrogen-bond acceptors (Lipinski definition) is 4. The molecule has 2 atom stereocenters. The molecule has 1 aliphatic heterocycles. The van der Waals surface area contributed by atoms with Crippen molar-refractivity contribution in [2.24, 2.45) is 0 Å². The van der Waals surface area contributed by atoms with Crippen LogP contribution in [0.2, 0.25) is 0 Å². The summed E-state index contributed by atoms with van der Waals surface area (Å²) in [5.41, 5.74) is 0.875. The molecule has 0 bridgehead atoms. The van der Waals surface area contributed by atoms with Gasteiger partial charge in [0.2, 0.25) is 11.8 Å². The van der Waals surface area contributed by atoms with Gasteiger partial charge in [0, 0.05) is 25.7 Å². The zero-order valence-corrected chi connectivity index (χ0v) is 21.7. The van der Waals surface area contributed by atoms with E-state index in [1.54, 1.807) is 44.0 Å². The molecule has 1 aliphatic rings. The Labute approximate surface area is 218 Å². The summed E-state index contributed by atoms with van der Waals surface area (Å²) in [5.74, 6) is -0.991. The van der Waals surface area contributed by atoms with E-state index in [1.807, 2.05) is 36.4 Å². The quantitative estimate of drug-likeness (QED) is 0.566. The minimum atomic E-state index is -0.994. The first kappa shape index (κ1) is 27.9. The zero-order chi connectivity index (χ0) is 27.0. The number of amides is 3. The van der Waals surface area contributed by atoms with Crippen LogP contribution in [0.4, 0.5) is 9.18 Å². The second kappa shape index (κ2) is 12.5. The van der Waals surface area contributed by atoms with Crippen molar-refractivity contribution in [3.63, 3.8) is 0 Å². The Balaban J connectivity index is 1.81. The number of nitrogens with zero attached hydrogens (tertiary/aromatic N) is 2. The minimum Gasteiger partial charge on any atom is -0.444 e. The Hall–Kier alpha value is -3.68. The number of nitrogens with one attached hydrogen (secondary N) is 1. The molecule has 2 aromatic rings. The molecule has 0 spiro atoms. The molecule has 3 amide bonds. The van der Waals surface area contributed by atoms with Gasteiger partial charge in [-0.1, -0.05) is 55.8 Å². The fourth-order valence-corrected chi connectivity index (χ4v) is 4.14. The average molecular weight is 509 g/mol. The lowest BCUT2D eigenvalue weighted by Gasteiger charge is -2.41. The van der Waals surface area contributed by atoms with Crippen molar-refractivity contribution < 1.29 is 23.5 Å². The molecule has 2 aromatic carbocycles. The van der Waals surface area contributed by atoms with E-state index in [1.165, 1.54) is 17.0 Å². The highest BCUT2D eigenvalue weighted by atomic mass is 19.1. The summed E-state index contributed by atoms with van der Waals surface area (Å²) in [5, 5.41) is 2.67. The number of hydrogen-bond donors (Lipinski definition) is 1. The molecule has 3 rings (SSSR count). The van der Waals surface area contributed by atoms with Crippen molar-refractivity contribution in [1.29, 1.82) is 0 Å². The normalized spacial score (nSPS) is 17.1. The largest absolute Gasteiger partial charge is 0.444 e. The van der Waals surface area contributed by atoms with E-state index in [0.717, 1.165) is 5.56 Å². The predicted molar refractivity (Wildman–Crippen MR) is 141 cm³/mol. The summed E-state index contributed by atoms with van der Waals surface area (Å²) in [4.78, 5) is 42.9. The lowest BCUT2D eigenvalue weighted by molar-refractivity contribution is -0.150. The van der Waals surface area contributed by atoms with Crippen molar-refractivity contribution in [2.75, 3.05) is 13.1 Å². The first-order valence-corrected chi connectivity index (χ1v) is 12.4. The molecule has 1 heterocycles. The maximum atomic E-state index is 13.8. The third kappa shape index (κ3) is 8.17.